The standard InChI is InChI=1S/C14H8F3NO/c1-2-10-7-8-13(18-9-10)19-12-6-4-3-5-11(12)14(15,16)17/h1,3-9H. The molecule has 0 bridgehead atoms. The van der Waals surface area contributed by atoms with Crippen molar-refractivity contribution in [3.63, 3.8) is 0 Å². The van der Waals surface area contributed by atoms with Crippen molar-refractivity contribution in [2.24, 2.45) is 0 Å². The van der Waals surface area contributed by atoms with Gasteiger partial charge in [0.05, 0.1) is 5.56 Å². The van der Waals surface area contributed by atoms with Gasteiger partial charge in [0.2, 0.25) is 5.88 Å². The molecule has 5 heteroatoms. The van der Waals surface area contributed by atoms with E-state index in [-0.39, 0.29) is 11.6 Å². The smallest absolute Gasteiger partial charge is 0.419 e. The van der Waals surface area contributed by atoms with E-state index >= 15 is 0 Å². The van der Waals surface area contributed by atoms with Gasteiger partial charge in [0.25, 0.3) is 0 Å². The quantitative estimate of drug-likeness (QED) is 0.767. The molecule has 0 fully saturated rings. The molecule has 0 radical (unpaired) electrons. The van der Waals surface area contributed by atoms with E-state index in [1.165, 1.54) is 30.5 Å². The number of hydrogen-bond acceptors (Lipinski definition) is 2. The van der Waals surface area contributed by atoms with Gasteiger partial charge in [-0.1, -0.05) is 18.1 Å². The number of hydrogen-bond donors (Lipinski definition) is 0. The van der Waals surface area contributed by atoms with E-state index in [4.69, 9.17) is 11.2 Å². The zero-order valence-corrected chi connectivity index (χ0v) is 9.61. The molecule has 0 unspecified atom stereocenters. The molecule has 0 atom stereocenters. The molecule has 1 aromatic heterocycles. The largest absolute Gasteiger partial charge is 0.438 e. The predicted octanol–water partition coefficient (Wildman–Crippen LogP) is 3.87. The van der Waals surface area contributed by atoms with Crippen LogP contribution in [-0.4, -0.2) is 4.98 Å². The molecule has 0 aliphatic heterocycles. The number of aromatic nitrogens is 1. The molecular weight excluding hydrogens is 255 g/mol. The number of halogens is 3. The van der Waals surface area contributed by atoms with Gasteiger partial charge in [-0.2, -0.15) is 13.2 Å². The lowest BCUT2D eigenvalue weighted by molar-refractivity contribution is -0.138. The van der Waals surface area contributed by atoms with Gasteiger partial charge >= 0.3 is 6.18 Å². The van der Waals surface area contributed by atoms with Crippen LogP contribution < -0.4 is 4.74 Å². The molecule has 0 saturated carbocycles. The van der Waals surface area contributed by atoms with Crippen molar-refractivity contribution in [1.82, 2.24) is 4.98 Å². The van der Waals surface area contributed by atoms with Crippen LogP contribution in [0.5, 0.6) is 11.6 Å². The Kier molecular flexibility index (Phi) is 3.43. The van der Waals surface area contributed by atoms with Crippen LogP contribution in [0.1, 0.15) is 11.1 Å². The maximum Gasteiger partial charge on any atom is 0.419 e. The number of benzene rings is 1. The summed E-state index contributed by atoms with van der Waals surface area (Å²) in [5.41, 5.74) is -0.325. The fourth-order valence-corrected chi connectivity index (χ4v) is 1.43. The molecule has 2 rings (SSSR count). The van der Waals surface area contributed by atoms with Crippen molar-refractivity contribution in [1.29, 1.82) is 0 Å². The summed E-state index contributed by atoms with van der Waals surface area (Å²) in [6.07, 6.45) is 2.03. The number of alkyl halides is 3. The Morgan fingerprint density at radius 3 is 2.42 bits per heavy atom. The van der Waals surface area contributed by atoms with E-state index < -0.39 is 11.7 Å². The Balaban J connectivity index is 2.31. The number of rotatable bonds is 2. The van der Waals surface area contributed by atoms with Gasteiger partial charge < -0.3 is 4.74 Å². The van der Waals surface area contributed by atoms with Crippen molar-refractivity contribution in [3.05, 3.63) is 53.7 Å². The maximum atomic E-state index is 12.7. The third-order valence-electron chi connectivity index (χ3n) is 2.31. The lowest BCUT2D eigenvalue weighted by Crippen LogP contribution is -2.07. The summed E-state index contributed by atoms with van der Waals surface area (Å²) < 4.78 is 43.4. The summed E-state index contributed by atoms with van der Waals surface area (Å²) in [7, 11) is 0. The number of para-hydroxylation sites is 1. The molecule has 1 heterocycles. The molecule has 0 amide bonds. The molecule has 0 aliphatic rings. The Hall–Kier alpha value is -2.48. The first-order valence-electron chi connectivity index (χ1n) is 5.27. The zero-order chi connectivity index (χ0) is 13.9. The SMILES string of the molecule is C#Cc1ccc(Oc2ccccc2C(F)(F)F)nc1. The molecule has 0 aliphatic carbocycles. The second-order valence-electron chi connectivity index (χ2n) is 3.63. The van der Waals surface area contributed by atoms with Crippen molar-refractivity contribution in [3.8, 4) is 24.0 Å². The van der Waals surface area contributed by atoms with E-state index in [9.17, 15) is 13.2 Å². The Bertz CT molecular complexity index is 612. The highest BCUT2D eigenvalue weighted by atomic mass is 19.4. The van der Waals surface area contributed by atoms with Crippen molar-refractivity contribution < 1.29 is 17.9 Å². The summed E-state index contributed by atoms with van der Waals surface area (Å²) >= 11 is 0. The van der Waals surface area contributed by atoms with Gasteiger partial charge in [0.1, 0.15) is 5.75 Å². The number of ether oxygens (including phenoxy) is 1. The lowest BCUT2D eigenvalue weighted by Gasteiger charge is -2.12. The number of pyridine rings is 1. The summed E-state index contributed by atoms with van der Waals surface area (Å²) in [5, 5.41) is 0. The van der Waals surface area contributed by atoms with Crippen LogP contribution in [0.2, 0.25) is 0 Å². The molecule has 2 aromatic rings. The second-order valence-corrected chi connectivity index (χ2v) is 3.63. The fraction of sp³-hybridized carbons (Fsp3) is 0.0714. The Morgan fingerprint density at radius 2 is 1.84 bits per heavy atom. The van der Waals surface area contributed by atoms with Gasteiger partial charge in [0, 0.05) is 17.8 Å². The highest BCUT2D eigenvalue weighted by Gasteiger charge is 2.34. The topological polar surface area (TPSA) is 22.1 Å². The van der Waals surface area contributed by atoms with E-state index in [1.54, 1.807) is 6.07 Å². The monoisotopic (exact) mass is 263 g/mol. The number of terminal acetylenes is 1. The zero-order valence-electron chi connectivity index (χ0n) is 9.61. The minimum Gasteiger partial charge on any atom is -0.438 e. The summed E-state index contributed by atoms with van der Waals surface area (Å²) in [6.45, 7) is 0. The van der Waals surface area contributed by atoms with Crippen LogP contribution in [0, 0.1) is 12.3 Å². The number of nitrogens with zero attached hydrogens (tertiary/aromatic N) is 1. The third kappa shape index (κ3) is 3.05. The average Bonchev–Trinajstić information content (AvgIpc) is 2.39. The van der Waals surface area contributed by atoms with Crippen molar-refractivity contribution >= 4 is 0 Å². The minimum absolute atomic E-state index is 0.0516. The Morgan fingerprint density at radius 1 is 1.11 bits per heavy atom. The highest BCUT2D eigenvalue weighted by Crippen LogP contribution is 2.37. The molecule has 2 nitrogen and oxygen atoms in total. The van der Waals surface area contributed by atoms with E-state index in [0.717, 1.165) is 6.07 Å². The van der Waals surface area contributed by atoms with Crippen LogP contribution in [0.25, 0.3) is 0 Å². The highest BCUT2D eigenvalue weighted by molar-refractivity contribution is 5.39. The lowest BCUT2D eigenvalue weighted by atomic mass is 10.2. The summed E-state index contributed by atoms with van der Waals surface area (Å²) in [4.78, 5) is 3.84. The van der Waals surface area contributed by atoms with Gasteiger partial charge in [-0.05, 0) is 18.2 Å². The van der Waals surface area contributed by atoms with Crippen LogP contribution in [0.15, 0.2) is 42.6 Å². The van der Waals surface area contributed by atoms with E-state index in [1.807, 2.05) is 0 Å². The fourth-order valence-electron chi connectivity index (χ4n) is 1.43. The third-order valence-corrected chi connectivity index (χ3v) is 2.31. The van der Waals surface area contributed by atoms with Crippen molar-refractivity contribution in [2.75, 3.05) is 0 Å². The minimum atomic E-state index is -4.48. The molecule has 0 N–H and O–H groups in total. The molecular formula is C14H8F3NO. The predicted molar refractivity (Wildman–Crippen MR) is 63.7 cm³/mol. The normalized spacial score (nSPS) is 10.8. The summed E-state index contributed by atoms with van der Waals surface area (Å²) in [5.74, 6) is 2.11. The summed E-state index contributed by atoms with van der Waals surface area (Å²) in [6, 6.07) is 7.90. The van der Waals surface area contributed by atoms with Gasteiger partial charge in [0.15, 0.2) is 0 Å². The van der Waals surface area contributed by atoms with E-state index in [0.29, 0.717) is 5.56 Å². The Labute approximate surface area is 107 Å². The van der Waals surface area contributed by atoms with Gasteiger partial charge in [-0.25, -0.2) is 4.98 Å². The molecule has 0 saturated heterocycles. The van der Waals surface area contributed by atoms with E-state index in [2.05, 4.69) is 10.9 Å². The van der Waals surface area contributed by atoms with Crippen molar-refractivity contribution in [2.45, 2.75) is 6.18 Å². The first kappa shape index (κ1) is 13.0. The van der Waals surface area contributed by atoms with Gasteiger partial charge in [-0.3, -0.25) is 0 Å². The van der Waals surface area contributed by atoms with Crippen LogP contribution in [0.3, 0.4) is 0 Å². The first-order chi connectivity index (χ1) is 9.00. The van der Waals surface area contributed by atoms with Gasteiger partial charge in [-0.15, -0.1) is 6.42 Å². The first-order valence-corrected chi connectivity index (χ1v) is 5.27. The van der Waals surface area contributed by atoms with Crippen LogP contribution >= 0.6 is 0 Å². The molecule has 0 spiro atoms. The average molecular weight is 263 g/mol. The van der Waals surface area contributed by atoms with Crippen LogP contribution in [0.4, 0.5) is 13.2 Å². The second kappa shape index (κ2) is 5.02. The molecule has 19 heavy (non-hydrogen) atoms. The molecule has 96 valence electrons. The maximum absolute atomic E-state index is 12.7. The molecule has 1 aromatic carbocycles. The van der Waals surface area contributed by atoms with Crippen LogP contribution in [-0.2, 0) is 6.18 Å².